The van der Waals surface area contributed by atoms with Crippen LogP contribution in [-0.2, 0) is 10.0 Å². The quantitative estimate of drug-likeness (QED) is 0.897. The van der Waals surface area contributed by atoms with Gasteiger partial charge >= 0.3 is 0 Å². The van der Waals surface area contributed by atoms with Gasteiger partial charge in [-0.3, -0.25) is 4.79 Å². The van der Waals surface area contributed by atoms with Crippen molar-refractivity contribution in [3.8, 4) is 0 Å². The molecule has 0 aliphatic heterocycles. The summed E-state index contributed by atoms with van der Waals surface area (Å²) in [6, 6.07) is 3.06. The van der Waals surface area contributed by atoms with Gasteiger partial charge in [0.15, 0.2) is 0 Å². The van der Waals surface area contributed by atoms with Gasteiger partial charge in [-0.05, 0) is 31.0 Å². The number of primary sulfonamides is 1. The van der Waals surface area contributed by atoms with Crippen molar-refractivity contribution in [1.82, 2.24) is 4.90 Å². The Bertz CT molecular complexity index is 600. The van der Waals surface area contributed by atoms with E-state index in [2.05, 4.69) is 0 Å². The first-order chi connectivity index (χ1) is 9.16. The highest BCUT2D eigenvalue weighted by atomic mass is 32.2. The van der Waals surface area contributed by atoms with Gasteiger partial charge in [-0.1, -0.05) is 13.8 Å². The Labute approximate surface area is 118 Å². The van der Waals surface area contributed by atoms with Crippen molar-refractivity contribution in [3.05, 3.63) is 29.6 Å². The fraction of sp³-hybridized carbons (Fsp3) is 0.462. The molecule has 1 aromatic rings. The average Bonchev–Trinajstić information content (AvgIpc) is 2.33. The standard InChI is InChI=1S/C13H19FN2O3S/c1-4-16(8-9(2)3)13(17)11-6-5-10(7-12(11)14)20(15,18)19/h5-7,9H,4,8H2,1-3H3,(H2,15,18,19). The van der Waals surface area contributed by atoms with Crippen molar-refractivity contribution >= 4 is 15.9 Å². The summed E-state index contributed by atoms with van der Waals surface area (Å²) in [4.78, 5) is 13.4. The first kappa shape index (κ1) is 16.6. The molecule has 1 amide bonds. The van der Waals surface area contributed by atoms with Gasteiger partial charge in [0.25, 0.3) is 5.91 Å². The second-order valence-electron chi connectivity index (χ2n) is 4.92. The number of hydrogen-bond donors (Lipinski definition) is 1. The molecule has 0 atom stereocenters. The Morgan fingerprint density at radius 3 is 2.40 bits per heavy atom. The third kappa shape index (κ3) is 4.01. The topological polar surface area (TPSA) is 80.5 Å². The van der Waals surface area contributed by atoms with Crippen LogP contribution >= 0.6 is 0 Å². The molecule has 0 saturated heterocycles. The van der Waals surface area contributed by atoms with E-state index < -0.39 is 21.7 Å². The van der Waals surface area contributed by atoms with Crippen LogP contribution in [0.15, 0.2) is 23.1 Å². The van der Waals surface area contributed by atoms with Gasteiger partial charge < -0.3 is 4.90 Å². The molecular formula is C13H19FN2O3S. The fourth-order valence-electron chi connectivity index (χ4n) is 1.81. The molecule has 0 heterocycles. The van der Waals surface area contributed by atoms with E-state index in [1.54, 1.807) is 6.92 Å². The van der Waals surface area contributed by atoms with E-state index in [-0.39, 0.29) is 16.4 Å². The van der Waals surface area contributed by atoms with Gasteiger partial charge in [-0.15, -0.1) is 0 Å². The summed E-state index contributed by atoms with van der Waals surface area (Å²) in [5, 5.41) is 4.91. The molecule has 0 spiro atoms. The van der Waals surface area contributed by atoms with Gasteiger partial charge in [0, 0.05) is 13.1 Å². The maximum atomic E-state index is 13.9. The summed E-state index contributed by atoms with van der Waals surface area (Å²) in [5.74, 6) is -1.09. The highest BCUT2D eigenvalue weighted by Crippen LogP contribution is 2.16. The lowest BCUT2D eigenvalue weighted by Crippen LogP contribution is -2.34. The summed E-state index contributed by atoms with van der Waals surface area (Å²) in [6.07, 6.45) is 0. The van der Waals surface area contributed by atoms with E-state index in [9.17, 15) is 17.6 Å². The lowest BCUT2D eigenvalue weighted by molar-refractivity contribution is 0.0741. The highest BCUT2D eigenvalue weighted by molar-refractivity contribution is 7.89. The van der Waals surface area contributed by atoms with Gasteiger partial charge in [-0.25, -0.2) is 17.9 Å². The van der Waals surface area contributed by atoms with E-state index in [0.29, 0.717) is 13.1 Å². The monoisotopic (exact) mass is 302 g/mol. The first-order valence-corrected chi connectivity index (χ1v) is 7.83. The summed E-state index contributed by atoms with van der Waals surface area (Å²) in [6.45, 7) is 6.67. The number of carbonyl (C=O) groups excluding carboxylic acids is 1. The minimum atomic E-state index is -3.98. The number of nitrogens with zero attached hydrogens (tertiary/aromatic N) is 1. The van der Waals surface area contributed by atoms with Gasteiger partial charge in [0.1, 0.15) is 5.82 Å². The minimum absolute atomic E-state index is 0.153. The van der Waals surface area contributed by atoms with E-state index >= 15 is 0 Å². The minimum Gasteiger partial charge on any atom is -0.339 e. The third-order valence-electron chi connectivity index (χ3n) is 2.75. The molecule has 0 aromatic heterocycles. The van der Waals surface area contributed by atoms with Crippen LogP contribution in [-0.4, -0.2) is 32.3 Å². The molecule has 0 bridgehead atoms. The Morgan fingerprint density at radius 1 is 1.40 bits per heavy atom. The second-order valence-corrected chi connectivity index (χ2v) is 6.49. The largest absolute Gasteiger partial charge is 0.339 e. The molecule has 20 heavy (non-hydrogen) atoms. The van der Waals surface area contributed by atoms with Crippen molar-refractivity contribution in [2.45, 2.75) is 25.7 Å². The van der Waals surface area contributed by atoms with Crippen molar-refractivity contribution in [1.29, 1.82) is 0 Å². The zero-order chi connectivity index (χ0) is 15.5. The third-order valence-corrected chi connectivity index (χ3v) is 3.66. The zero-order valence-electron chi connectivity index (χ0n) is 11.8. The summed E-state index contributed by atoms with van der Waals surface area (Å²) >= 11 is 0. The predicted octanol–water partition coefficient (Wildman–Crippen LogP) is 1.59. The number of sulfonamides is 1. The number of amides is 1. The second kappa shape index (κ2) is 6.32. The molecule has 2 N–H and O–H groups in total. The molecule has 1 rings (SSSR count). The molecular weight excluding hydrogens is 283 g/mol. The number of hydrogen-bond acceptors (Lipinski definition) is 3. The lowest BCUT2D eigenvalue weighted by Gasteiger charge is -2.23. The molecule has 0 radical (unpaired) electrons. The van der Waals surface area contributed by atoms with Gasteiger partial charge in [0.05, 0.1) is 10.5 Å². The van der Waals surface area contributed by atoms with Crippen molar-refractivity contribution in [2.75, 3.05) is 13.1 Å². The Kier molecular flexibility index (Phi) is 5.24. The van der Waals surface area contributed by atoms with E-state index in [1.165, 1.54) is 4.90 Å². The number of halogens is 1. The SMILES string of the molecule is CCN(CC(C)C)C(=O)c1ccc(S(N)(=O)=O)cc1F. The Hall–Kier alpha value is -1.47. The molecule has 0 fully saturated rings. The molecule has 7 heteroatoms. The number of nitrogens with two attached hydrogens (primary N) is 1. The summed E-state index contributed by atoms with van der Waals surface area (Å²) < 4.78 is 36.1. The van der Waals surface area contributed by atoms with E-state index in [4.69, 9.17) is 5.14 Å². The van der Waals surface area contributed by atoms with Crippen molar-refractivity contribution < 1.29 is 17.6 Å². The number of carbonyl (C=O) groups is 1. The molecule has 0 aliphatic rings. The maximum Gasteiger partial charge on any atom is 0.256 e. The van der Waals surface area contributed by atoms with Gasteiger partial charge in [0.2, 0.25) is 10.0 Å². The van der Waals surface area contributed by atoms with Crippen LogP contribution in [0.3, 0.4) is 0 Å². The number of benzene rings is 1. The fourth-order valence-corrected chi connectivity index (χ4v) is 2.34. The molecule has 0 saturated carbocycles. The number of rotatable bonds is 5. The maximum absolute atomic E-state index is 13.9. The van der Waals surface area contributed by atoms with E-state index in [1.807, 2.05) is 13.8 Å². The van der Waals surface area contributed by atoms with Crippen LogP contribution in [0, 0.1) is 11.7 Å². The predicted molar refractivity (Wildman–Crippen MR) is 74.2 cm³/mol. The summed E-state index contributed by atoms with van der Waals surface area (Å²) in [7, 11) is -3.98. The molecule has 0 unspecified atom stereocenters. The average molecular weight is 302 g/mol. The van der Waals surface area contributed by atoms with Gasteiger partial charge in [-0.2, -0.15) is 0 Å². The van der Waals surface area contributed by atoms with Crippen LogP contribution in [0.1, 0.15) is 31.1 Å². The van der Waals surface area contributed by atoms with Crippen LogP contribution in [0.2, 0.25) is 0 Å². The van der Waals surface area contributed by atoms with Crippen molar-refractivity contribution in [2.24, 2.45) is 11.1 Å². The lowest BCUT2D eigenvalue weighted by atomic mass is 10.1. The van der Waals surface area contributed by atoms with Crippen LogP contribution in [0.4, 0.5) is 4.39 Å². The zero-order valence-corrected chi connectivity index (χ0v) is 12.6. The smallest absolute Gasteiger partial charge is 0.256 e. The molecule has 112 valence electrons. The van der Waals surface area contributed by atoms with Crippen LogP contribution in [0.25, 0.3) is 0 Å². The molecule has 0 aliphatic carbocycles. The first-order valence-electron chi connectivity index (χ1n) is 6.28. The van der Waals surface area contributed by atoms with Crippen molar-refractivity contribution in [3.63, 3.8) is 0 Å². The van der Waals surface area contributed by atoms with Crippen LogP contribution < -0.4 is 5.14 Å². The molecule has 1 aromatic carbocycles. The Balaban J connectivity index is 3.11. The summed E-state index contributed by atoms with van der Waals surface area (Å²) in [5.41, 5.74) is -0.153. The van der Waals surface area contributed by atoms with Crippen LogP contribution in [0.5, 0.6) is 0 Å². The normalized spacial score (nSPS) is 11.7. The Morgan fingerprint density at radius 2 is 2.00 bits per heavy atom. The molecule has 5 nitrogen and oxygen atoms in total. The van der Waals surface area contributed by atoms with E-state index in [0.717, 1.165) is 18.2 Å². The highest BCUT2D eigenvalue weighted by Gasteiger charge is 2.20.